The van der Waals surface area contributed by atoms with Crippen molar-refractivity contribution >= 4 is 27.4 Å². The highest BCUT2D eigenvalue weighted by molar-refractivity contribution is 7.89. The molecule has 1 saturated carbocycles. The maximum Gasteiger partial charge on any atom is 0.238 e. The third-order valence-electron chi connectivity index (χ3n) is 5.41. The van der Waals surface area contributed by atoms with Crippen molar-refractivity contribution in [1.82, 2.24) is 4.57 Å². The van der Waals surface area contributed by atoms with Gasteiger partial charge in [-0.05, 0) is 60.7 Å². The average Bonchev–Trinajstić information content (AvgIpc) is 3.48. The first kappa shape index (κ1) is 19.9. The second kappa shape index (κ2) is 7.13. The number of sulfonamides is 1. The largest absolute Gasteiger partial charge is 0.343 e. The molecule has 29 heavy (non-hydrogen) atoms. The van der Waals surface area contributed by atoms with Crippen molar-refractivity contribution in [3.63, 3.8) is 0 Å². The number of nitrogens with two attached hydrogens (primary N) is 1. The standard InChI is InChI=1S/C22H21ClN2O3S/c1-13-19(22(26)16-3-4-16)21(15-7-11-18(12-8-15)29(24,27)28)25(2)20(13)14-5-9-17(23)10-6-14/h5-12,16H,3-4H2,1-2H3,(H2,24,27,28). The molecule has 7 heteroatoms. The van der Waals surface area contributed by atoms with E-state index in [4.69, 9.17) is 16.7 Å². The molecule has 150 valence electrons. The Hall–Kier alpha value is -2.41. The van der Waals surface area contributed by atoms with E-state index >= 15 is 0 Å². The number of rotatable bonds is 5. The Labute approximate surface area is 175 Å². The van der Waals surface area contributed by atoms with Crippen molar-refractivity contribution in [2.75, 3.05) is 0 Å². The van der Waals surface area contributed by atoms with Crippen LogP contribution in [-0.2, 0) is 17.1 Å². The zero-order valence-corrected chi connectivity index (χ0v) is 17.7. The van der Waals surface area contributed by atoms with Crippen molar-refractivity contribution < 1.29 is 13.2 Å². The molecule has 0 amide bonds. The molecule has 3 aromatic rings. The van der Waals surface area contributed by atoms with Gasteiger partial charge in [-0.25, -0.2) is 13.6 Å². The molecule has 1 heterocycles. The van der Waals surface area contributed by atoms with Gasteiger partial charge in [-0.15, -0.1) is 0 Å². The van der Waals surface area contributed by atoms with Gasteiger partial charge >= 0.3 is 0 Å². The van der Waals surface area contributed by atoms with E-state index in [2.05, 4.69) is 0 Å². The van der Waals surface area contributed by atoms with E-state index in [-0.39, 0.29) is 16.6 Å². The van der Waals surface area contributed by atoms with Crippen LogP contribution in [0.2, 0.25) is 5.02 Å². The number of carbonyl (C=O) groups is 1. The van der Waals surface area contributed by atoms with Crippen molar-refractivity contribution in [2.45, 2.75) is 24.7 Å². The quantitative estimate of drug-likeness (QED) is 0.604. The number of halogens is 1. The average molecular weight is 429 g/mol. The van der Waals surface area contributed by atoms with Gasteiger partial charge < -0.3 is 4.57 Å². The van der Waals surface area contributed by atoms with Gasteiger partial charge in [-0.1, -0.05) is 35.9 Å². The van der Waals surface area contributed by atoms with Gasteiger partial charge in [0.1, 0.15) is 0 Å². The predicted molar refractivity (Wildman–Crippen MR) is 114 cm³/mol. The molecule has 0 atom stereocenters. The highest BCUT2D eigenvalue weighted by atomic mass is 35.5. The number of hydrogen-bond donors (Lipinski definition) is 1. The summed E-state index contributed by atoms with van der Waals surface area (Å²) in [5.41, 5.74) is 5.07. The van der Waals surface area contributed by atoms with Gasteiger partial charge in [0.2, 0.25) is 10.0 Å². The Morgan fingerprint density at radius 2 is 1.52 bits per heavy atom. The Bertz CT molecular complexity index is 1210. The van der Waals surface area contributed by atoms with E-state index in [0.29, 0.717) is 10.6 Å². The van der Waals surface area contributed by atoms with Gasteiger partial charge in [0.25, 0.3) is 0 Å². The van der Waals surface area contributed by atoms with Gasteiger partial charge in [-0.2, -0.15) is 0 Å². The first-order valence-corrected chi connectivity index (χ1v) is 11.2. The first-order valence-electron chi connectivity index (χ1n) is 9.31. The molecule has 0 spiro atoms. The molecular formula is C22H21ClN2O3S. The minimum Gasteiger partial charge on any atom is -0.343 e. The number of Topliss-reactive ketones (excluding diaryl/α,β-unsaturated/α-hetero) is 1. The molecule has 2 N–H and O–H groups in total. The van der Waals surface area contributed by atoms with Crippen LogP contribution in [0.15, 0.2) is 53.4 Å². The lowest BCUT2D eigenvalue weighted by Gasteiger charge is -2.10. The molecule has 1 aliphatic carbocycles. The fourth-order valence-corrected chi connectivity index (χ4v) is 4.48. The molecule has 0 bridgehead atoms. The number of benzene rings is 2. The predicted octanol–water partition coefficient (Wildman–Crippen LogP) is 4.56. The van der Waals surface area contributed by atoms with Crippen LogP contribution in [0, 0.1) is 12.8 Å². The van der Waals surface area contributed by atoms with Crippen molar-refractivity contribution in [3.05, 3.63) is 64.7 Å². The summed E-state index contributed by atoms with van der Waals surface area (Å²) < 4.78 is 25.2. The van der Waals surface area contributed by atoms with Gasteiger partial charge in [0.05, 0.1) is 16.3 Å². The lowest BCUT2D eigenvalue weighted by molar-refractivity contribution is 0.0968. The van der Waals surface area contributed by atoms with Gasteiger partial charge in [0.15, 0.2) is 5.78 Å². The minimum atomic E-state index is -3.78. The maximum absolute atomic E-state index is 13.1. The Morgan fingerprint density at radius 1 is 1.00 bits per heavy atom. The van der Waals surface area contributed by atoms with Crippen LogP contribution < -0.4 is 5.14 Å². The Balaban J connectivity index is 1.93. The monoisotopic (exact) mass is 428 g/mol. The summed E-state index contributed by atoms with van der Waals surface area (Å²) >= 11 is 6.04. The third kappa shape index (κ3) is 3.64. The number of nitrogens with zero attached hydrogens (tertiary/aromatic N) is 1. The number of carbonyl (C=O) groups excluding carboxylic acids is 1. The van der Waals surface area contributed by atoms with Crippen LogP contribution in [-0.4, -0.2) is 18.8 Å². The molecular weight excluding hydrogens is 408 g/mol. The van der Waals surface area contributed by atoms with E-state index in [0.717, 1.165) is 40.9 Å². The van der Waals surface area contributed by atoms with Crippen molar-refractivity contribution in [2.24, 2.45) is 18.1 Å². The third-order valence-corrected chi connectivity index (χ3v) is 6.59. The van der Waals surface area contributed by atoms with Crippen LogP contribution in [0.3, 0.4) is 0 Å². The molecule has 1 aliphatic rings. The van der Waals surface area contributed by atoms with E-state index in [9.17, 15) is 13.2 Å². The SMILES string of the molecule is Cc1c(C(=O)C2CC2)c(-c2ccc(S(N)(=O)=O)cc2)n(C)c1-c1ccc(Cl)cc1. The van der Waals surface area contributed by atoms with Crippen molar-refractivity contribution in [3.8, 4) is 22.5 Å². The van der Waals surface area contributed by atoms with Gasteiger partial charge in [-0.3, -0.25) is 4.79 Å². The zero-order chi connectivity index (χ0) is 20.9. The van der Waals surface area contributed by atoms with Crippen LogP contribution in [0.5, 0.6) is 0 Å². The lowest BCUT2D eigenvalue weighted by Crippen LogP contribution is -2.12. The topological polar surface area (TPSA) is 82.2 Å². The second-order valence-electron chi connectivity index (χ2n) is 7.47. The Kier molecular flexibility index (Phi) is 4.89. The van der Waals surface area contributed by atoms with Crippen LogP contribution in [0.25, 0.3) is 22.5 Å². The molecule has 1 aromatic heterocycles. The summed E-state index contributed by atoms with van der Waals surface area (Å²) in [5, 5.41) is 5.87. The molecule has 0 radical (unpaired) electrons. The number of hydrogen-bond acceptors (Lipinski definition) is 3. The van der Waals surface area contributed by atoms with E-state index in [1.165, 1.54) is 12.1 Å². The molecule has 1 fully saturated rings. The molecule has 0 unspecified atom stereocenters. The highest BCUT2D eigenvalue weighted by Gasteiger charge is 2.35. The Morgan fingerprint density at radius 3 is 2.03 bits per heavy atom. The lowest BCUT2D eigenvalue weighted by atomic mass is 9.97. The van der Waals surface area contributed by atoms with Crippen LogP contribution >= 0.6 is 11.6 Å². The molecule has 4 rings (SSSR count). The number of primary sulfonamides is 1. The van der Waals surface area contributed by atoms with E-state index in [1.54, 1.807) is 12.1 Å². The van der Waals surface area contributed by atoms with Crippen LogP contribution in [0.1, 0.15) is 28.8 Å². The first-order chi connectivity index (χ1) is 13.7. The minimum absolute atomic E-state index is 0.0418. The maximum atomic E-state index is 13.1. The second-order valence-corrected chi connectivity index (χ2v) is 9.47. The molecule has 5 nitrogen and oxygen atoms in total. The highest BCUT2D eigenvalue weighted by Crippen LogP contribution is 2.42. The summed E-state index contributed by atoms with van der Waals surface area (Å²) in [4.78, 5) is 13.2. The van der Waals surface area contributed by atoms with Crippen LogP contribution in [0.4, 0.5) is 0 Å². The summed E-state index contributed by atoms with van der Waals surface area (Å²) in [5.74, 6) is 0.209. The smallest absolute Gasteiger partial charge is 0.238 e. The number of aromatic nitrogens is 1. The molecule has 2 aromatic carbocycles. The van der Waals surface area contributed by atoms with E-state index in [1.807, 2.05) is 42.8 Å². The summed E-state index contributed by atoms with van der Waals surface area (Å²) in [6.07, 6.45) is 1.82. The zero-order valence-electron chi connectivity index (χ0n) is 16.1. The van der Waals surface area contributed by atoms with Gasteiger partial charge in [0, 0.05) is 23.6 Å². The summed E-state index contributed by atoms with van der Waals surface area (Å²) in [6, 6.07) is 13.9. The number of ketones is 1. The summed E-state index contributed by atoms with van der Waals surface area (Å²) in [7, 11) is -1.86. The van der Waals surface area contributed by atoms with Crippen molar-refractivity contribution in [1.29, 1.82) is 0 Å². The summed E-state index contributed by atoms with van der Waals surface area (Å²) in [6.45, 7) is 1.96. The molecule has 0 aliphatic heterocycles. The molecule has 0 saturated heterocycles. The fourth-order valence-electron chi connectivity index (χ4n) is 3.84. The normalized spacial score (nSPS) is 14.2. The fraction of sp³-hybridized carbons (Fsp3) is 0.227. The van der Waals surface area contributed by atoms with E-state index < -0.39 is 10.0 Å².